The maximum atomic E-state index is 12.1. The second-order valence-corrected chi connectivity index (χ2v) is 4.94. The van der Waals surface area contributed by atoms with Gasteiger partial charge in [0.1, 0.15) is 0 Å². The summed E-state index contributed by atoms with van der Waals surface area (Å²) in [7, 11) is 0. The minimum atomic E-state index is -0.772. The lowest BCUT2D eigenvalue weighted by atomic mass is 9.92. The van der Waals surface area contributed by atoms with Crippen LogP contribution >= 0.6 is 0 Å². The first-order valence-electron chi connectivity index (χ1n) is 6.50. The number of aromatic nitrogens is 1. The molecule has 2 aromatic rings. The van der Waals surface area contributed by atoms with E-state index in [-0.39, 0.29) is 18.9 Å². The summed E-state index contributed by atoms with van der Waals surface area (Å²) < 4.78 is 0. The van der Waals surface area contributed by atoms with Gasteiger partial charge in [0.05, 0.1) is 18.6 Å². The van der Waals surface area contributed by atoms with E-state index in [1.165, 1.54) is 0 Å². The van der Waals surface area contributed by atoms with Crippen LogP contribution in [0.2, 0.25) is 0 Å². The fraction of sp³-hybridized carbons (Fsp3) is 0.250. The van der Waals surface area contributed by atoms with Gasteiger partial charge in [0.25, 0.3) is 0 Å². The number of nitrogens with zero attached hydrogens (tertiary/aromatic N) is 1. The third-order valence-corrected chi connectivity index (χ3v) is 3.26. The highest BCUT2D eigenvalue weighted by molar-refractivity contribution is 5.79. The van der Waals surface area contributed by atoms with E-state index in [0.29, 0.717) is 0 Å². The summed E-state index contributed by atoms with van der Waals surface area (Å²) in [5.41, 5.74) is 1.00. The predicted octanol–water partition coefficient (Wildman–Crippen LogP) is 1.65. The monoisotopic (exact) mass is 270 g/mol. The minimum Gasteiger partial charge on any atom is -0.394 e. The molecule has 0 spiro atoms. The molecular formula is C16H18N2O2. The van der Waals surface area contributed by atoms with Crippen molar-refractivity contribution in [1.82, 2.24) is 10.3 Å². The van der Waals surface area contributed by atoms with E-state index < -0.39 is 5.54 Å². The van der Waals surface area contributed by atoms with Gasteiger partial charge < -0.3 is 10.4 Å². The van der Waals surface area contributed by atoms with E-state index in [2.05, 4.69) is 10.3 Å². The molecule has 2 N–H and O–H groups in total. The Labute approximate surface area is 118 Å². The number of aliphatic hydroxyl groups excluding tert-OH is 1. The van der Waals surface area contributed by atoms with Crippen molar-refractivity contribution in [3.05, 3.63) is 66.0 Å². The Morgan fingerprint density at radius 1 is 1.20 bits per heavy atom. The van der Waals surface area contributed by atoms with Crippen LogP contribution in [0.1, 0.15) is 18.1 Å². The van der Waals surface area contributed by atoms with Crippen LogP contribution in [0.5, 0.6) is 0 Å². The molecule has 0 radical (unpaired) electrons. The third kappa shape index (κ3) is 3.42. The molecule has 1 atom stereocenters. The molecular weight excluding hydrogens is 252 g/mol. The summed E-state index contributed by atoms with van der Waals surface area (Å²) in [5.74, 6) is -0.128. The maximum Gasteiger partial charge on any atom is 0.225 e. The van der Waals surface area contributed by atoms with Crippen LogP contribution in [-0.4, -0.2) is 22.6 Å². The molecule has 0 bridgehead atoms. The van der Waals surface area contributed by atoms with Gasteiger partial charge in [-0.3, -0.25) is 9.78 Å². The Kier molecular flexibility index (Phi) is 4.48. The number of amides is 1. The summed E-state index contributed by atoms with van der Waals surface area (Å²) in [4.78, 5) is 16.0. The number of benzene rings is 1. The molecule has 4 heteroatoms. The Hall–Kier alpha value is -2.20. The Morgan fingerprint density at radius 2 is 1.85 bits per heavy atom. The summed E-state index contributed by atoms with van der Waals surface area (Å²) in [5, 5.41) is 12.5. The maximum absolute atomic E-state index is 12.1. The second-order valence-electron chi connectivity index (χ2n) is 4.94. The molecule has 0 saturated carbocycles. The van der Waals surface area contributed by atoms with Crippen molar-refractivity contribution < 1.29 is 9.90 Å². The van der Waals surface area contributed by atoms with E-state index in [1.807, 2.05) is 37.3 Å². The molecule has 0 aliphatic heterocycles. The number of nitrogens with one attached hydrogen (secondary N) is 1. The van der Waals surface area contributed by atoms with Gasteiger partial charge in [-0.15, -0.1) is 0 Å². The van der Waals surface area contributed by atoms with Crippen molar-refractivity contribution in [2.45, 2.75) is 18.9 Å². The van der Waals surface area contributed by atoms with Gasteiger partial charge in [-0.1, -0.05) is 30.3 Å². The van der Waals surface area contributed by atoms with Crippen LogP contribution in [0, 0.1) is 0 Å². The number of hydrogen-bond acceptors (Lipinski definition) is 3. The normalized spacial score (nSPS) is 13.5. The summed E-state index contributed by atoms with van der Waals surface area (Å²) in [6.45, 7) is 1.66. The Morgan fingerprint density at radius 3 is 2.45 bits per heavy atom. The van der Waals surface area contributed by atoms with Crippen molar-refractivity contribution in [3.63, 3.8) is 0 Å². The van der Waals surface area contributed by atoms with E-state index in [9.17, 15) is 9.90 Å². The topological polar surface area (TPSA) is 62.2 Å². The first-order valence-corrected chi connectivity index (χ1v) is 6.50. The number of carbonyl (C=O) groups excluding carboxylic acids is 1. The van der Waals surface area contributed by atoms with Crippen molar-refractivity contribution in [1.29, 1.82) is 0 Å². The van der Waals surface area contributed by atoms with Crippen molar-refractivity contribution >= 4 is 5.91 Å². The zero-order chi connectivity index (χ0) is 14.4. The quantitative estimate of drug-likeness (QED) is 0.868. The molecule has 104 valence electrons. The number of carbonyl (C=O) groups is 1. The molecule has 1 unspecified atom stereocenters. The van der Waals surface area contributed by atoms with E-state index in [1.54, 1.807) is 24.5 Å². The van der Waals surface area contributed by atoms with Gasteiger partial charge in [-0.2, -0.15) is 0 Å². The Bertz CT molecular complexity index is 557. The lowest BCUT2D eigenvalue weighted by molar-refractivity contribution is -0.122. The predicted molar refractivity (Wildman–Crippen MR) is 77.0 cm³/mol. The van der Waals surface area contributed by atoms with Crippen LogP contribution in [0.25, 0.3) is 0 Å². The highest BCUT2D eigenvalue weighted by atomic mass is 16.3. The average Bonchev–Trinajstić information content (AvgIpc) is 2.49. The SMILES string of the molecule is CC(CO)(NC(=O)Cc1ccncc1)c1ccccc1. The van der Waals surface area contributed by atoms with Gasteiger partial charge in [0.2, 0.25) is 5.91 Å². The van der Waals surface area contributed by atoms with Gasteiger partial charge in [0, 0.05) is 12.4 Å². The van der Waals surface area contributed by atoms with E-state index in [4.69, 9.17) is 0 Å². The zero-order valence-electron chi connectivity index (χ0n) is 11.4. The number of aliphatic hydroxyl groups is 1. The van der Waals surface area contributed by atoms with Crippen LogP contribution in [0.15, 0.2) is 54.9 Å². The van der Waals surface area contributed by atoms with Crippen LogP contribution in [0.4, 0.5) is 0 Å². The highest BCUT2D eigenvalue weighted by Crippen LogP contribution is 2.19. The number of pyridine rings is 1. The van der Waals surface area contributed by atoms with Crippen LogP contribution < -0.4 is 5.32 Å². The molecule has 2 rings (SSSR count). The van der Waals surface area contributed by atoms with Gasteiger partial charge in [-0.25, -0.2) is 0 Å². The Balaban J connectivity index is 2.08. The third-order valence-electron chi connectivity index (χ3n) is 3.26. The fourth-order valence-electron chi connectivity index (χ4n) is 2.05. The van der Waals surface area contributed by atoms with Gasteiger partial charge >= 0.3 is 0 Å². The lowest BCUT2D eigenvalue weighted by Gasteiger charge is -2.29. The summed E-state index contributed by atoms with van der Waals surface area (Å²) in [6.07, 6.45) is 3.58. The number of rotatable bonds is 5. The van der Waals surface area contributed by atoms with E-state index >= 15 is 0 Å². The van der Waals surface area contributed by atoms with Crippen LogP contribution in [0.3, 0.4) is 0 Å². The van der Waals surface area contributed by atoms with Crippen molar-refractivity contribution in [2.24, 2.45) is 0 Å². The molecule has 1 heterocycles. The standard InChI is InChI=1S/C16H18N2O2/c1-16(12-19,14-5-3-2-4-6-14)18-15(20)11-13-7-9-17-10-8-13/h2-10,19H,11-12H2,1H3,(H,18,20). The van der Waals surface area contributed by atoms with Crippen molar-refractivity contribution in [2.75, 3.05) is 6.61 Å². The molecule has 0 fully saturated rings. The van der Waals surface area contributed by atoms with Gasteiger partial charge in [0.15, 0.2) is 0 Å². The zero-order valence-corrected chi connectivity index (χ0v) is 11.4. The average molecular weight is 270 g/mol. The van der Waals surface area contributed by atoms with Crippen molar-refractivity contribution in [3.8, 4) is 0 Å². The van der Waals surface area contributed by atoms with E-state index in [0.717, 1.165) is 11.1 Å². The fourth-order valence-corrected chi connectivity index (χ4v) is 2.05. The minimum absolute atomic E-state index is 0.128. The molecule has 20 heavy (non-hydrogen) atoms. The van der Waals surface area contributed by atoms with Crippen LogP contribution in [-0.2, 0) is 16.8 Å². The first kappa shape index (κ1) is 14.2. The van der Waals surface area contributed by atoms with Gasteiger partial charge in [-0.05, 0) is 30.2 Å². The molecule has 1 amide bonds. The smallest absolute Gasteiger partial charge is 0.225 e. The second kappa shape index (κ2) is 6.30. The highest BCUT2D eigenvalue weighted by Gasteiger charge is 2.27. The molecule has 0 aliphatic rings. The molecule has 1 aromatic carbocycles. The summed E-state index contributed by atoms with van der Waals surface area (Å²) in [6, 6.07) is 13.1. The lowest BCUT2D eigenvalue weighted by Crippen LogP contribution is -2.46. The molecule has 0 aliphatic carbocycles. The summed E-state index contributed by atoms with van der Waals surface area (Å²) >= 11 is 0. The molecule has 1 aromatic heterocycles. The molecule has 4 nitrogen and oxygen atoms in total. The number of hydrogen-bond donors (Lipinski definition) is 2. The first-order chi connectivity index (χ1) is 9.64. The molecule has 0 saturated heterocycles. The largest absolute Gasteiger partial charge is 0.394 e.